The molecule has 0 heterocycles. The van der Waals surface area contributed by atoms with Crippen molar-refractivity contribution in [2.45, 2.75) is 27.2 Å². The Balaban J connectivity index is 4.92. The number of hydrogen-bond donors (Lipinski definition) is 2. The monoisotopic (exact) mass is 273 g/mol. The van der Waals surface area contributed by atoms with E-state index >= 15 is 0 Å². The number of rotatable bonds is 7. The number of likely N-dealkylation sites (N-methyl/N-ethyl adjacent to an activating group) is 1. The van der Waals surface area contributed by atoms with Crippen molar-refractivity contribution in [3.8, 4) is 0 Å². The van der Waals surface area contributed by atoms with E-state index in [0.29, 0.717) is 6.54 Å². The largest absolute Gasteiger partial charge is 0.393 e. The fourth-order valence-electron chi connectivity index (χ4n) is 1.72. The van der Waals surface area contributed by atoms with E-state index < -0.39 is 5.92 Å². The molecular weight excluding hydrogens is 250 g/mol. The SMILES string of the molecule is CCCN(CC(=O)NC)C(=O)C(C(N)=S)C(C)C. The van der Waals surface area contributed by atoms with Crippen LogP contribution in [0.25, 0.3) is 0 Å². The molecule has 0 aliphatic heterocycles. The van der Waals surface area contributed by atoms with Gasteiger partial charge in [-0.3, -0.25) is 9.59 Å². The highest BCUT2D eigenvalue weighted by molar-refractivity contribution is 7.80. The van der Waals surface area contributed by atoms with Crippen LogP contribution in [0.2, 0.25) is 0 Å². The van der Waals surface area contributed by atoms with Crippen LogP contribution in [-0.4, -0.2) is 41.8 Å². The molecule has 0 saturated heterocycles. The highest BCUT2D eigenvalue weighted by atomic mass is 32.1. The molecule has 3 N–H and O–H groups in total. The Kier molecular flexibility index (Phi) is 7.50. The Labute approximate surface area is 114 Å². The van der Waals surface area contributed by atoms with E-state index in [0.717, 1.165) is 6.42 Å². The van der Waals surface area contributed by atoms with Gasteiger partial charge >= 0.3 is 0 Å². The number of hydrogen-bond acceptors (Lipinski definition) is 3. The van der Waals surface area contributed by atoms with Crippen LogP contribution in [0.5, 0.6) is 0 Å². The third-order valence-electron chi connectivity index (χ3n) is 2.66. The summed E-state index contributed by atoms with van der Waals surface area (Å²) in [5, 5.41) is 2.51. The summed E-state index contributed by atoms with van der Waals surface area (Å²) in [6.45, 7) is 6.32. The maximum absolute atomic E-state index is 12.3. The number of nitrogens with zero attached hydrogens (tertiary/aromatic N) is 1. The Morgan fingerprint density at radius 3 is 2.28 bits per heavy atom. The van der Waals surface area contributed by atoms with Crippen LogP contribution in [0, 0.1) is 11.8 Å². The predicted molar refractivity (Wildman–Crippen MR) is 76.1 cm³/mol. The number of nitrogens with one attached hydrogen (secondary N) is 1. The molecule has 1 unspecified atom stereocenters. The van der Waals surface area contributed by atoms with E-state index in [4.69, 9.17) is 18.0 Å². The van der Waals surface area contributed by atoms with Gasteiger partial charge < -0.3 is 16.0 Å². The van der Waals surface area contributed by atoms with E-state index in [2.05, 4.69) is 5.32 Å². The van der Waals surface area contributed by atoms with Crippen LogP contribution in [0.1, 0.15) is 27.2 Å². The number of nitrogens with two attached hydrogens (primary N) is 1. The van der Waals surface area contributed by atoms with Gasteiger partial charge in [-0.1, -0.05) is 33.0 Å². The van der Waals surface area contributed by atoms with Gasteiger partial charge in [0.05, 0.1) is 17.5 Å². The normalized spacial score (nSPS) is 12.1. The lowest BCUT2D eigenvalue weighted by Crippen LogP contribution is -2.47. The van der Waals surface area contributed by atoms with Crippen molar-refractivity contribution in [1.82, 2.24) is 10.2 Å². The van der Waals surface area contributed by atoms with E-state index in [1.165, 1.54) is 4.90 Å². The molecule has 104 valence electrons. The molecule has 2 amide bonds. The second-order valence-electron chi connectivity index (χ2n) is 4.56. The lowest BCUT2D eigenvalue weighted by atomic mass is 9.94. The average Bonchev–Trinajstić information content (AvgIpc) is 2.27. The Morgan fingerprint density at radius 2 is 1.94 bits per heavy atom. The molecule has 0 aliphatic rings. The third kappa shape index (κ3) is 5.00. The molecule has 1 atom stereocenters. The molecule has 0 bridgehead atoms. The molecule has 0 aromatic heterocycles. The van der Waals surface area contributed by atoms with Gasteiger partial charge in [0.1, 0.15) is 0 Å². The van der Waals surface area contributed by atoms with Crippen LogP contribution >= 0.6 is 12.2 Å². The zero-order chi connectivity index (χ0) is 14.3. The van der Waals surface area contributed by atoms with Gasteiger partial charge in [0.15, 0.2) is 0 Å². The molecule has 0 aromatic rings. The van der Waals surface area contributed by atoms with Gasteiger partial charge in [0.2, 0.25) is 11.8 Å². The van der Waals surface area contributed by atoms with E-state index in [1.807, 2.05) is 20.8 Å². The van der Waals surface area contributed by atoms with Crippen molar-refractivity contribution in [3.05, 3.63) is 0 Å². The van der Waals surface area contributed by atoms with E-state index in [-0.39, 0.29) is 29.3 Å². The first kappa shape index (κ1) is 16.8. The molecule has 18 heavy (non-hydrogen) atoms. The smallest absolute Gasteiger partial charge is 0.239 e. The first-order valence-electron chi connectivity index (χ1n) is 6.13. The fourth-order valence-corrected chi connectivity index (χ4v) is 2.09. The third-order valence-corrected chi connectivity index (χ3v) is 2.91. The fraction of sp³-hybridized carbons (Fsp3) is 0.750. The van der Waals surface area contributed by atoms with Gasteiger partial charge in [-0.05, 0) is 12.3 Å². The molecule has 0 rings (SSSR count). The van der Waals surface area contributed by atoms with E-state index in [1.54, 1.807) is 7.05 Å². The first-order chi connectivity index (χ1) is 8.34. The quantitative estimate of drug-likeness (QED) is 0.664. The van der Waals surface area contributed by atoms with Crippen LogP contribution < -0.4 is 11.1 Å². The number of carbonyl (C=O) groups is 2. The van der Waals surface area contributed by atoms with Gasteiger partial charge in [0, 0.05) is 13.6 Å². The molecule has 0 fully saturated rings. The summed E-state index contributed by atoms with van der Waals surface area (Å²) in [5.74, 6) is -0.833. The van der Waals surface area contributed by atoms with Crippen molar-refractivity contribution in [3.63, 3.8) is 0 Å². The molecule has 5 nitrogen and oxygen atoms in total. The van der Waals surface area contributed by atoms with Crippen molar-refractivity contribution >= 4 is 29.0 Å². The summed E-state index contributed by atoms with van der Waals surface area (Å²) in [4.78, 5) is 25.4. The number of thiocarbonyl (C=S) groups is 1. The molecule has 6 heteroatoms. The molecule has 0 radical (unpaired) electrons. The van der Waals surface area contributed by atoms with Gasteiger partial charge in [-0.25, -0.2) is 0 Å². The number of carbonyl (C=O) groups excluding carboxylic acids is 2. The molecule has 0 saturated carbocycles. The van der Waals surface area contributed by atoms with Crippen molar-refractivity contribution in [1.29, 1.82) is 0 Å². The van der Waals surface area contributed by atoms with Crippen molar-refractivity contribution in [2.75, 3.05) is 20.1 Å². The molecule has 0 aliphatic carbocycles. The topological polar surface area (TPSA) is 75.4 Å². The van der Waals surface area contributed by atoms with Gasteiger partial charge in [-0.15, -0.1) is 0 Å². The van der Waals surface area contributed by atoms with Crippen LogP contribution in [0.3, 0.4) is 0 Å². The average molecular weight is 273 g/mol. The number of amides is 2. The molecule has 0 spiro atoms. The van der Waals surface area contributed by atoms with Crippen LogP contribution in [0.4, 0.5) is 0 Å². The van der Waals surface area contributed by atoms with Crippen LogP contribution in [-0.2, 0) is 9.59 Å². The summed E-state index contributed by atoms with van der Waals surface area (Å²) in [6, 6.07) is 0. The Bertz CT molecular complexity index is 318. The Morgan fingerprint density at radius 1 is 1.39 bits per heavy atom. The second-order valence-corrected chi connectivity index (χ2v) is 5.03. The lowest BCUT2D eigenvalue weighted by molar-refractivity contribution is -0.138. The summed E-state index contributed by atoms with van der Waals surface area (Å²) < 4.78 is 0. The van der Waals surface area contributed by atoms with Crippen LogP contribution in [0.15, 0.2) is 0 Å². The summed E-state index contributed by atoms with van der Waals surface area (Å²) in [5.41, 5.74) is 5.62. The van der Waals surface area contributed by atoms with Crippen molar-refractivity contribution in [2.24, 2.45) is 17.6 Å². The lowest BCUT2D eigenvalue weighted by Gasteiger charge is -2.27. The molecular formula is C12H23N3O2S. The zero-order valence-electron chi connectivity index (χ0n) is 11.5. The standard InChI is InChI=1S/C12H23N3O2S/c1-5-6-15(7-9(16)14-4)12(17)10(8(2)3)11(13)18/h8,10H,5-7H2,1-4H3,(H2,13,18)(H,14,16). The summed E-state index contributed by atoms with van der Waals surface area (Å²) >= 11 is 4.94. The molecule has 0 aromatic carbocycles. The maximum Gasteiger partial charge on any atom is 0.239 e. The zero-order valence-corrected chi connectivity index (χ0v) is 12.3. The van der Waals surface area contributed by atoms with E-state index in [9.17, 15) is 9.59 Å². The predicted octanol–water partition coefficient (Wildman–Crippen LogP) is 0.529. The minimum Gasteiger partial charge on any atom is -0.393 e. The minimum atomic E-state index is -0.504. The highest BCUT2D eigenvalue weighted by Gasteiger charge is 2.29. The second kappa shape index (κ2) is 8.02. The van der Waals surface area contributed by atoms with Crippen molar-refractivity contribution < 1.29 is 9.59 Å². The van der Waals surface area contributed by atoms with Gasteiger partial charge in [-0.2, -0.15) is 0 Å². The summed E-state index contributed by atoms with van der Waals surface area (Å²) in [7, 11) is 1.55. The summed E-state index contributed by atoms with van der Waals surface area (Å²) in [6.07, 6.45) is 0.783. The highest BCUT2D eigenvalue weighted by Crippen LogP contribution is 2.15. The minimum absolute atomic E-state index is 0.0269. The first-order valence-corrected chi connectivity index (χ1v) is 6.54. The Hall–Kier alpha value is -1.17. The maximum atomic E-state index is 12.3. The van der Waals surface area contributed by atoms with Gasteiger partial charge in [0.25, 0.3) is 0 Å².